The molecule has 0 aliphatic heterocycles. The zero-order valence-corrected chi connectivity index (χ0v) is 12.4. The molecule has 0 aromatic carbocycles. The molecule has 2 aromatic heterocycles. The first kappa shape index (κ1) is 14.5. The van der Waals surface area contributed by atoms with Gasteiger partial charge in [-0.3, -0.25) is 4.79 Å². The number of carbonyl (C=O) groups is 2. The summed E-state index contributed by atoms with van der Waals surface area (Å²) in [6.45, 7) is 4.36. The van der Waals surface area contributed by atoms with Crippen molar-refractivity contribution in [3.63, 3.8) is 0 Å². The maximum atomic E-state index is 12.1. The fraction of sp³-hybridized carbons (Fsp3) is 0.143. The zero-order valence-electron chi connectivity index (χ0n) is 10.7. The van der Waals surface area contributed by atoms with Gasteiger partial charge in [0.05, 0.1) is 11.4 Å². The number of nitrogens with one attached hydrogen (secondary N) is 2. The summed E-state index contributed by atoms with van der Waals surface area (Å²) in [7, 11) is 0. The average Bonchev–Trinajstić information content (AvgIpc) is 3.12. The third-order valence-electron chi connectivity index (χ3n) is 2.50. The van der Waals surface area contributed by atoms with Crippen LogP contribution in [0.1, 0.15) is 20.1 Å². The van der Waals surface area contributed by atoms with Gasteiger partial charge in [0, 0.05) is 22.4 Å². The van der Waals surface area contributed by atoms with Crippen LogP contribution in [0.3, 0.4) is 0 Å². The molecule has 0 atom stereocenters. The molecular formula is C14H14N2O2S2. The van der Waals surface area contributed by atoms with Crippen molar-refractivity contribution in [2.75, 3.05) is 6.54 Å². The molecule has 0 saturated carbocycles. The van der Waals surface area contributed by atoms with E-state index in [0.29, 0.717) is 23.5 Å². The summed E-state index contributed by atoms with van der Waals surface area (Å²) in [6.07, 6.45) is 1.61. The lowest BCUT2D eigenvalue weighted by molar-refractivity contribution is 0.104. The molecule has 2 heterocycles. The SMILES string of the molecule is C=CCNC(=O)NCc1ccc(C(=O)c2ccsc2)s1. The van der Waals surface area contributed by atoms with Gasteiger partial charge in [0.15, 0.2) is 0 Å². The van der Waals surface area contributed by atoms with Crippen LogP contribution in [0.4, 0.5) is 4.79 Å². The predicted octanol–water partition coefficient (Wildman–Crippen LogP) is 3.03. The van der Waals surface area contributed by atoms with Gasteiger partial charge in [-0.25, -0.2) is 4.79 Å². The topological polar surface area (TPSA) is 58.2 Å². The predicted molar refractivity (Wildman–Crippen MR) is 82.5 cm³/mol. The third kappa shape index (κ3) is 3.79. The summed E-state index contributed by atoms with van der Waals surface area (Å²) < 4.78 is 0. The molecule has 0 saturated heterocycles. The summed E-state index contributed by atoms with van der Waals surface area (Å²) >= 11 is 2.90. The Morgan fingerprint density at radius 2 is 2.10 bits per heavy atom. The first-order valence-corrected chi connectivity index (χ1v) is 7.75. The maximum Gasteiger partial charge on any atom is 0.315 e. The van der Waals surface area contributed by atoms with Crippen LogP contribution in [0.2, 0.25) is 0 Å². The number of ketones is 1. The van der Waals surface area contributed by atoms with Crippen molar-refractivity contribution in [3.8, 4) is 0 Å². The van der Waals surface area contributed by atoms with E-state index in [-0.39, 0.29) is 11.8 Å². The molecule has 0 fully saturated rings. The average molecular weight is 306 g/mol. The Morgan fingerprint density at radius 3 is 2.80 bits per heavy atom. The number of hydrogen-bond acceptors (Lipinski definition) is 4. The number of rotatable bonds is 6. The van der Waals surface area contributed by atoms with Gasteiger partial charge in [-0.15, -0.1) is 17.9 Å². The van der Waals surface area contributed by atoms with E-state index in [1.54, 1.807) is 12.1 Å². The first-order valence-electron chi connectivity index (χ1n) is 5.99. The van der Waals surface area contributed by atoms with Crippen molar-refractivity contribution in [1.82, 2.24) is 10.6 Å². The van der Waals surface area contributed by atoms with Gasteiger partial charge < -0.3 is 10.6 Å². The molecule has 104 valence electrons. The number of amides is 2. The minimum absolute atomic E-state index is 0.0265. The van der Waals surface area contributed by atoms with Gasteiger partial charge in [0.1, 0.15) is 0 Å². The standard InChI is InChI=1S/C14H14N2O2S2/c1-2-6-15-14(18)16-8-11-3-4-12(20-11)13(17)10-5-7-19-9-10/h2-5,7,9H,1,6,8H2,(H2,15,16,18). The van der Waals surface area contributed by atoms with Gasteiger partial charge in [0.2, 0.25) is 5.78 Å². The molecule has 0 radical (unpaired) electrons. The molecule has 2 aromatic rings. The van der Waals surface area contributed by atoms with Crippen molar-refractivity contribution in [2.24, 2.45) is 0 Å². The van der Waals surface area contributed by atoms with Gasteiger partial charge in [-0.05, 0) is 23.6 Å². The Bertz CT molecular complexity index is 602. The molecule has 2 N–H and O–H groups in total. The highest BCUT2D eigenvalue weighted by atomic mass is 32.1. The summed E-state index contributed by atoms with van der Waals surface area (Å²) in [5, 5.41) is 9.07. The Labute approximate surface area is 125 Å². The molecule has 0 spiro atoms. The van der Waals surface area contributed by atoms with E-state index in [1.807, 2.05) is 22.9 Å². The summed E-state index contributed by atoms with van der Waals surface area (Å²) in [4.78, 5) is 25.1. The molecule has 0 aliphatic carbocycles. The highest BCUT2D eigenvalue weighted by Crippen LogP contribution is 2.21. The van der Waals surface area contributed by atoms with Crippen LogP contribution in [0.15, 0.2) is 41.6 Å². The number of hydrogen-bond donors (Lipinski definition) is 2. The van der Waals surface area contributed by atoms with Crippen LogP contribution in [0, 0.1) is 0 Å². The van der Waals surface area contributed by atoms with Crippen LogP contribution in [-0.4, -0.2) is 18.4 Å². The van der Waals surface area contributed by atoms with Crippen molar-refractivity contribution >= 4 is 34.5 Å². The van der Waals surface area contributed by atoms with E-state index in [0.717, 1.165) is 4.88 Å². The first-order chi connectivity index (χ1) is 9.70. The van der Waals surface area contributed by atoms with E-state index >= 15 is 0 Å². The molecule has 20 heavy (non-hydrogen) atoms. The van der Waals surface area contributed by atoms with Crippen molar-refractivity contribution in [3.05, 3.63) is 56.9 Å². The van der Waals surface area contributed by atoms with E-state index in [1.165, 1.54) is 22.7 Å². The lowest BCUT2D eigenvalue weighted by Gasteiger charge is -2.03. The van der Waals surface area contributed by atoms with Crippen molar-refractivity contribution < 1.29 is 9.59 Å². The van der Waals surface area contributed by atoms with Gasteiger partial charge in [-0.1, -0.05) is 6.08 Å². The molecule has 0 aliphatic rings. The molecule has 4 nitrogen and oxygen atoms in total. The van der Waals surface area contributed by atoms with E-state index in [2.05, 4.69) is 17.2 Å². The minimum Gasteiger partial charge on any atom is -0.335 e. The van der Waals surface area contributed by atoms with Gasteiger partial charge in [-0.2, -0.15) is 11.3 Å². The van der Waals surface area contributed by atoms with Crippen LogP contribution in [0.5, 0.6) is 0 Å². The number of carbonyl (C=O) groups excluding carboxylic acids is 2. The van der Waals surface area contributed by atoms with Crippen LogP contribution >= 0.6 is 22.7 Å². The molecule has 0 unspecified atom stereocenters. The van der Waals surface area contributed by atoms with Crippen LogP contribution in [-0.2, 0) is 6.54 Å². The zero-order chi connectivity index (χ0) is 14.4. The fourth-order valence-corrected chi connectivity index (χ4v) is 3.07. The number of thiophene rings is 2. The van der Waals surface area contributed by atoms with Gasteiger partial charge >= 0.3 is 6.03 Å². The van der Waals surface area contributed by atoms with Crippen LogP contribution < -0.4 is 10.6 Å². The highest BCUT2D eigenvalue weighted by Gasteiger charge is 2.12. The van der Waals surface area contributed by atoms with Crippen molar-refractivity contribution in [1.29, 1.82) is 0 Å². The summed E-state index contributed by atoms with van der Waals surface area (Å²) in [6, 6.07) is 5.22. The van der Waals surface area contributed by atoms with Crippen LogP contribution in [0.25, 0.3) is 0 Å². The molecule has 6 heteroatoms. The smallest absolute Gasteiger partial charge is 0.315 e. The Hall–Kier alpha value is -1.92. The third-order valence-corrected chi connectivity index (χ3v) is 4.27. The second-order valence-electron chi connectivity index (χ2n) is 3.96. The largest absolute Gasteiger partial charge is 0.335 e. The van der Waals surface area contributed by atoms with E-state index < -0.39 is 0 Å². The maximum absolute atomic E-state index is 12.1. The highest BCUT2D eigenvalue weighted by molar-refractivity contribution is 7.14. The quantitative estimate of drug-likeness (QED) is 0.636. The summed E-state index contributed by atoms with van der Waals surface area (Å²) in [5.41, 5.74) is 0.708. The summed E-state index contributed by atoms with van der Waals surface area (Å²) in [5.74, 6) is 0.0265. The molecule has 2 amide bonds. The second-order valence-corrected chi connectivity index (χ2v) is 5.91. The molecular weight excluding hydrogens is 292 g/mol. The molecule has 2 rings (SSSR count). The monoisotopic (exact) mass is 306 g/mol. The fourth-order valence-electron chi connectivity index (χ4n) is 1.53. The minimum atomic E-state index is -0.246. The normalized spacial score (nSPS) is 10.0. The van der Waals surface area contributed by atoms with E-state index in [4.69, 9.17) is 0 Å². The lowest BCUT2D eigenvalue weighted by atomic mass is 10.2. The Morgan fingerprint density at radius 1 is 1.25 bits per heavy atom. The number of urea groups is 1. The van der Waals surface area contributed by atoms with Gasteiger partial charge in [0.25, 0.3) is 0 Å². The lowest BCUT2D eigenvalue weighted by Crippen LogP contribution is -2.34. The Kier molecular flexibility index (Phi) is 5.09. The second kappa shape index (κ2) is 7.02. The van der Waals surface area contributed by atoms with Crippen molar-refractivity contribution in [2.45, 2.75) is 6.54 Å². The molecule has 0 bridgehead atoms. The Balaban J connectivity index is 1.91. The van der Waals surface area contributed by atoms with E-state index in [9.17, 15) is 9.59 Å².